The Labute approximate surface area is 215 Å². The topological polar surface area (TPSA) is 98.7 Å². The summed E-state index contributed by atoms with van der Waals surface area (Å²) >= 11 is 0. The number of carboxylic acid groups (broad SMARTS) is 2. The molecule has 0 saturated carbocycles. The molecule has 4 aromatic carbocycles. The largest absolute Gasteiger partial charge is 2.00 e. The van der Waals surface area contributed by atoms with E-state index in [1.807, 2.05) is 72.8 Å². The van der Waals surface area contributed by atoms with Crippen molar-refractivity contribution in [3.63, 3.8) is 0 Å². The van der Waals surface area contributed by atoms with Gasteiger partial charge in [0.2, 0.25) is 0 Å². The fourth-order valence-corrected chi connectivity index (χ4v) is 3.55. The van der Waals surface area contributed by atoms with Gasteiger partial charge in [-0.15, -0.1) is 0 Å². The Morgan fingerprint density at radius 3 is 1.23 bits per heavy atom. The average Bonchev–Trinajstić information content (AvgIpc) is 2.86. The van der Waals surface area contributed by atoms with Crippen molar-refractivity contribution in [2.24, 2.45) is 0 Å². The molecule has 1 radical (unpaired) electrons. The molecule has 4 rings (SSSR count). The summed E-state index contributed by atoms with van der Waals surface area (Å²) in [6.45, 7) is 3.25. The standard InChI is InChI=1S/2C14H14O3.Cu/c2*1-9(14(15)16)10-3-4-12-8-13(17-2)6-5-11(12)7-10;/h2*3-9H,1-2H3,(H,15,16);/q;;+2/p-2. The predicted molar refractivity (Wildman–Crippen MR) is 128 cm³/mol. The first-order valence-corrected chi connectivity index (χ1v) is 10.8. The summed E-state index contributed by atoms with van der Waals surface area (Å²) in [5.74, 6) is -1.73. The van der Waals surface area contributed by atoms with Crippen molar-refractivity contribution in [1.29, 1.82) is 0 Å². The predicted octanol–water partition coefficient (Wildman–Crippen LogP) is 3.40. The van der Waals surface area contributed by atoms with Crippen LogP contribution in [-0.2, 0) is 26.7 Å². The number of methoxy groups -OCH3 is 2. The van der Waals surface area contributed by atoms with E-state index >= 15 is 0 Å². The van der Waals surface area contributed by atoms with E-state index in [2.05, 4.69) is 0 Å². The molecule has 35 heavy (non-hydrogen) atoms. The molecular weight excluding hydrogens is 496 g/mol. The zero-order valence-electron chi connectivity index (χ0n) is 19.8. The first-order chi connectivity index (χ1) is 16.2. The fraction of sp³-hybridized carbons (Fsp3) is 0.214. The quantitative estimate of drug-likeness (QED) is 0.361. The van der Waals surface area contributed by atoms with Gasteiger partial charge in [0.25, 0.3) is 0 Å². The number of carboxylic acids is 2. The Kier molecular flexibility index (Phi) is 9.69. The number of carbonyl (C=O) groups is 2. The van der Waals surface area contributed by atoms with E-state index in [1.165, 1.54) is 0 Å². The molecule has 185 valence electrons. The Balaban J connectivity index is 0.000000240. The summed E-state index contributed by atoms with van der Waals surface area (Å²) < 4.78 is 10.3. The van der Waals surface area contributed by atoms with E-state index < -0.39 is 23.8 Å². The van der Waals surface area contributed by atoms with Crippen LogP contribution in [0.5, 0.6) is 11.5 Å². The Morgan fingerprint density at radius 1 is 0.600 bits per heavy atom. The second-order valence-electron chi connectivity index (χ2n) is 8.03. The molecule has 0 aliphatic rings. The maximum atomic E-state index is 10.8. The SMILES string of the molecule is COc1ccc2cc(C(C)C(=O)[O-])ccc2c1.COc1ccc2cc(C(C)C(=O)[O-])ccc2c1.[Cu+2]. The molecule has 0 bridgehead atoms. The summed E-state index contributed by atoms with van der Waals surface area (Å²) in [6.07, 6.45) is 0. The first kappa shape index (κ1) is 27.7. The number of aliphatic carboxylic acids is 2. The van der Waals surface area contributed by atoms with Crippen LogP contribution in [0.15, 0.2) is 72.8 Å². The number of hydrogen-bond donors (Lipinski definition) is 0. The maximum absolute atomic E-state index is 10.8. The molecule has 0 saturated heterocycles. The van der Waals surface area contributed by atoms with Crippen LogP contribution in [0.1, 0.15) is 36.8 Å². The van der Waals surface area contributed by atoms with Crippen LogP contribution in [0.4, 0.5) is 0 Å². The number of rotatable bonds is 6. The molecule has 4 aromatic rings. The summed E-state index contributed by atoms with van der Waals surface area (Å²) in [6, 6.07) is 22.5. The van der Waals surface area contributed by atoms with Crippen molar-refractivity contribution in [1.82, 2.24) is 0 Å². The number of ether oxygens (including phenoxy) is 2. The van der Waals surface area contributed by atoms with E-state index in [0.717, 1.165) is 44.2 Å². The summed E-state index contributed by atoms with van der Waals surface area (Å²) in [4.78, 5) is 21.6. The van der Waals surface area contributed by atoms with Crippen LogP contribution in [-0.4, -0.2) is 26.2 Å². The van der Waals surface area contributed by atoms with Crippen LogP contribution in [0.2, 0.25) is 0 Å². The number of fused-ring (bicyclic) bond motifs is 2. The minimum absolute atomic E-state index is 0. The van der Waals surface area contributed by atoms with Crippen LogP contribution >= 0.6 is 0 Å². The van der Waals surface area contributed by atoms with Crippen LogP contribution in [0.25, 0.3) is 21.5 Å². The van der Waals surface area contributed by atoms with Crippen molar-refractivity contribution >= 4 is 33.5 Å². The molecule has 6 nitrogen and oxygen atoms in total. The molecule has 0 N–H and O–H groups in total. The van der Waals surface area contributed by atoms with Gasteiger partial charge in [-0.25, -0.2) is 0 Å². The Morgan fingerprint density at radius 2 is 0.914 bits per heavy atom. The second kappa shape index (κ2) is 12.2. The molecule has 0 aliphatic carbocycles. The summed E-state index contributed by atoms with van der Waals surface area (Å²) in [5.41, 5.74) is 1.50. The smallest absolute Gasteiger partial charge is 0.550 e. The summed E-state index contributed by atoms with van der Waals surface area (Å²) in [5, 5.41) is 25.7. The molecule has 0 spiro atoms. The third kappa shape index (κ3) is 6.75. The zero-order valence-corrected chi connectivity index (χ0v) is 20.8. The average molecular weight is 522 g/mol. The van der Waals surface area contributed by atoms with Gasteiger partial charge in [-0.2, -0.15) is 0 Å². The van der Waals surface area contributed by atoms with E-state index in [9.17, 15) is 19.8 Å². The third-order valence-electron chi connectivity index (χ3n) is 5.85. The van der Waals surface area contributed by atoms with Crippen molar-refractivity contribution < 1.29 is 46.3 Å². The van der Waals surface area contributed by atoms with Gasteiger partial charge in [-0.1, -0.05) is 62.4 Å². The third-order valence-corrected chi connectivity index (χ3v) is 5.85. The number of hydrogen-bond acceptors (Lipinski definition) is 6. The van der Waals surface area contributed by atoms with E-state index in [0.29, 0.717) is 0 Å². The first-order valence-electron chi connectivity index (χ1n) is 10.8. The molecule has 2 unspecified atom stereocenters. The van der Waals surface area contributed by atoms with Gasteiger partial charge >= 0.3 is 17.1 Å². The van der Waals surface area contributed by atoms with Gasteiger partial charge < -0.3 is 29.3 Å². The molecule has 0 aliphatic heterocycles. The molecule has 7 heteroatoms. The van der Waals surface area contributed by atoms with Crippen molar-refractivity contribution in [2.75, 3.05) is 14.2 Å². The second-order valence-corrected chi connectivity index (χ2v) is 8.03. The molecule has 0 heterocycles. The van der Waals surface area contributed by atoms with Crippen LogP contribution < -0.4 is 19.7 Å². The maximum Gasteiger partial charge on any atom is 2.00 e. The fourth-order valence-electron chi connectivity index (χ4n) is 3.55. The van der Waals surface area contributed by atoms with Gasteiger partial charge in [0.1, 0.15) is 11.5 Å². The van der Waals surface area contributed by atoms with Crippen molar-refractivity contribution in [3.8, 4) is 11.5 Å². The van der Waals surface area contributed by atoms with E-state index in [-0.39, 0.29) is 17.1 Å². The van der Waals surface area contributed by atoms with E-state index in [4.69, 9.17) is 9.47 Å². The van der Waals surface area contributed by atoms with Gasteiger partial charge in [0.15, 0.2) is 0 Å². The van der Waals surface area contributed by atoms with Gasteiger partial charge in [0.05, 0.1) is 14.2 Å². The zero-order chi connectivity index (χ0) is 24.8. The summed E-state index contributed by atoms with van der Waals surface area (Å²) in [7, 11) is 3.24. The normalized spacial score (nSPS) is 12.0. The molecular formula is C28H26CuO6. The minimum Gasteiger partial charge on any atom is -0.550 e. The molecule has 0 aromatic heterocycles. The van der Waals surface area contributed by atoms with Crippen LogP contribution in [0, 0.1) is 0 Å². The molecule has 0 amide bonds. The minimum atomic E-state index is -1.06. The van der Waals surface area contributed by atoms with Crippen molar-refractivity contribution in [2.45, 2.75) is 25.7 Å². The van der Waals surface area contributed by atoms with Gasteiger partial charge in [-0.3, -0.25) is 0 Å². The Hall–Kier alpha value is -3.54. The van der Waals surface area contributed by atoms with Crippen LogP contribution in [0.3, 0.4) is 0 Å². The number of benzene rings is 4. The Bertz CT molecular complexity index is 1230. The van der Waals surface area contributed by atoms with Gasteiger partial charge in [0, 0.05) is 23.8 Å². The number of carbonyl (C=O) groups excluding carboxylic acids is 2. The van der Waals surface area contributed by atoms with E-state index in [1.54, 1.807) is 28.1 Å². The monoisotopic (exact) mass is 521 g/mol. The molecule has 2 atom stereocenters. The van der Waals surface area contributed by atoms with Gasteiger partial charge in [-0.05, 0) is 56.9 Å². The molecule has 0 fully saturated rings. The van der Waals surface area contributed by atoms with Crippen molar-refractivity contribution in [3.05, 3.63) is 83.9 Å².